The number of ether oxygens (including phenoxy) is 4. The van der Waals surface area contributed by atoms with Crippen molar-refractivity contribution in [1.82, 2.24) is 0 Å². The summed E-state index contributed by atoms with van der Waals surface area (Å²) in [6, 6.07) is 0.456. The van der Waals surface area contributed by atoms with Crippen molar-refractivity contribution in [2.45, 2.75) is 24.6 Å². The first-order valence-electron chi connectivity index (χ1n) is 9.32. The van der Waals surface area contributed by atoms with Gasteiger partial charge in [0.25, 0.3) is 0 Å². The number of halogens is 10. The van der Waals surface area contributed by atoms with Gasteiger partial charge in [-0.2, -0.15) is 43.9 Å². The van der Waals surface area contributed by atoms with Crippen LogP contribution in [0.2, 0.25) is 0 Å². The van der Waals surface area contributed by atoms with Crippen molar-refractivity contribution in [1.29, 1.82) is 0 Å². The summed E-state index contributed by atoms with van der Waals surface area (Å²) in [5.74, 6) is -5.59. The second kappa shape index (κ2) is 10.2. The van der Waals surface area contributed by atoms with Crippen LogP contribution in [0.15, 0.2) is 53.9 Å². The van der Waals surface area contributed by atoms with Crippen LogP contribution in [0.4, 0.5) is 49.6 Å². The number of allylic oxidation sites excluding steroid dienone is 2. The second-order valence-corrected chi connectivity index (χ2v) is 6.68. The Morgan fingerprint density at radius 3 is 1.81 bits per heavy atom. The summed E-state index contributed by atoms with van der Waals surface area (Å²) in [5.41, 5.74) is -2.78. The number of hydrogen-bond acceptors (Lipinski definition) is 7. The molecule has 204 valence electrons. The van der Waals surface area contributed by atoms with Crippen molar-refractivity contribution in [3.05, 3.63) is 53.9 Å². The first kappa shape index (κ1) is 29.3. The maximum Gasteiger partial charge on any atom is 0.499 e. The predicted octanol–water partition coefficient (Wildman–Crippen LogP) is 5.24. The van der Waals surface area contributed by atoms with Gasteiger partial charge in [0.1, 0.15) is 11.4 Å². The standard InChI is InChI=1S/C20H13F10NO6/c1-34-15(32)11-5-3-4-8-31(14(11)16(33)35-2)12-9-10(36-19(27,28)17(21,22)23)6-7-13(12)37-20(29,30)18(24,25)26/h3-9H,1-2H3. The maximum atomic E-state index is 13.7. The molecule has 0 radical (unpaired) electrons. The van der Waals surface area contributed by atoms with E-state index in [9.17, 15) is 53.5 Å². The summed E-state index contributed by atoms with van der Waals surface area (Å²) in [4.78, 5) is 25.0. The zero-order valence-corrected chi connectivity index (χ0v) is 18.2. The highest BCUT2D eigenvalue weighted by Gasteiger charge is 2.62. The molecule has 7 nitrogen and oxygen atoms in total. The van der Waals surface area contributed by atoms with E-state index < -0.39 is 65.0 Å². The van der Waals surface area contributed by atoms with Crippen LogP contribution < -0.4 is 14.4 Å². The minimum Gasteiger partial charge on any atom is -0.465 e. The van der Waals surface area contributed by atoms with E-state index in [1.165, 1.54) is 0 Å². The van der Waals surface area contributed by atoms with Crippen molar-refractivity contribution in [2.75, 3.05) is 19.1 Å². The van der Waals surface area contributed by atoms with Crippen LogP contribution in [0.5, 0.6) is 11.5 Å². The van der Waals surface area contributed by atoms with Gasteiger partial charge in [-0.1, -0.05) is 6.08 Å². The fourth-order valence-electron chi connectivity index (χ4n) is 2.59. The van der Waals surface area contributed by atoms with Gasteiger partial charge < -0.3 is 23.8 Å². The second-order valence-electron chi connectivity index (χ2n) is 6.68. The maximum absolute atomic E-state index is 13.7. The molecule has 1 aromatic carbocycles. The SMILES string of the molecule is COC(=O)C1=C(C(=O)OC)N(c2cc(OC(F)(F)C(F)(F)F)ccc2OC(F)(F)C(F)(F)F)C=CC=C1. The number of nitrogens with zero attached hydrogens (tertiary/aromatic N) is 1. The third-order valence-electron chi connectivity index (χ3n) is 4.22. The lowest BCUT2D eigenvalue weighted by molar-refractivity contribution is -0.361. The molecule has 1 aromatic rings. The van der Waals surface area contributed by atoms with Gasteiger partial charge in [-0.3, -0.25) is 0 Å². The number of anilines is 1. The largest absolute Gasteiger partial charge is 0.499 e. The van der Waals surface area contributed by atoms with Gasteiger partial charge in [0.15, 0.2) is 5.75 Å². The number of carbonyl (C=O) groups excluding carboxylic acids is 2. The zero-order valence-electron chi connectivity index (χ0n) is 18.2. The van der Waals surface area contributed by atoms with Crippen molar-refractivity contribution in [3.8, 4) is 11.5 Å². The van der Waals surface area contributed by atoms with Crippen LogP contribution in [-0.2, 0) is 19.1 Å². The molecule has 0 saturated carbocycles. The summed E-state index contributed by atoms with van der Waals surface area (Å²) >= 11 is 0. The lowest BCUT2D eigenvalue weighted by atomic mass is 10.1. The molecule has 0 atom stereocenters. The molecule has 37 heavy (non-hydrogen) atoms. The monoisotopic (exact) mass is 553 g/mol. The van der Waals surface area contributed by atoms with Crippen LogP contribution in [0, 0.1) is 0 Å². The molecule has 0 unspecified atom stereocenters. The quantitative estimate of drug-likeness (QED) is 0.338. The van der Waals surface area contributed by atoms with Crippen LogP contribution in [0.3, 0.4) is 0 Å². The number of methoxy groups -OCH3 is 2. The summed E-state index contributed by atoms with van der Waals surface area (Å²) in [5, 5.41) is 0. The molecular formula is C20H13F10NO6. The Bertz CT molecular complexity index is 1140. The number of esters is 2. The summed E-state index contributed by atoms with van der Waals surface area (Å²) in [6.45, 7) is 0. The van der Waals surface area contributed by atoms with Crippen LogP contribution in [0.1, 0.15) is 0 Å². The molecule has 0 amide bonds. The third kappa shape index (κ3) is 6.26. The molecule has 0 aliphatic carbocycles. The molecule has 2 rings (SSSR count). The number of hydrogen-bond donors (Lipinski definition) is 0. The van der Waals surface area contributed by atoms with E-state index in [4.69, 9.17) is 0 Å². The first-order chi connectivity index (χ1) is 16.9. The molecule has 0 bridgehead atoms. The fraction of sp³-hybridized carbons (Fsp3) is 0.300. The number of carbonyl (C=O) groups is 2. The van der Waals surface area contributed by atoms with Gasteiger partial charge in [-0.15, -0.1) is 0 Å². The Balaban J connectivity index is 2.83. The van der Waals surface area contributed by atoms with Gasteiger partial charge in [0, 0.05) is 12.3 Å². The number of alkyl halides is 10. The first-order valence-corrected chi connectivity index (χ1v) is 9.32. The molecule has 0 fully saturated rings. The molecule has 1 aliphatic heterocycles. The molecule has 1 heterocycles. The molecule has 0 aromatic heterocycles. The molecule has 1 aliphatic rings. The smallest absolute Gasteiger partial charge is 0.465 e. The summed E-state index contributed by atoms with van der Waals surface area (Å²) < 4.78 is 146. The van der Waals surface area contributed by atoms with E-state index >= 15 is 0 Å². The van der Waals surface area contributed by atoms with Crippen molar-refractivity contribution < 1.29 is 72.4 Å². The fourth-order valence-corrected chi connectivity index (χ4v) is 2.59. The molecule has 0 saturated heterocycles. The molecule has 0 N–H and O–H groups in total. The van der Waals surface area contributed by atoms with Gasteiger partial charge in [-0.05, 0) is 24.3 Å². The zero-order chi connectivity index (χ0) is 28.4. The molecule has 17 heteroatoms. The van der Waals surface area contributed by atoms with E-state index in [1.54, 1.807) is 0 Å². The lowest BCUT2D eigenvalue weighted by Crippen LogP contribution is -2.42. The van der Waals surface area contributed by atoms with Gasteiger partial charge >= 0.3 is 36.5 Å². The summed E-state index contributed by atoms with van der Waals surface area (Å²) in [7, 11) is 1.63. The number of rotatable bonds is 7. The van der Waals surface area contributed by atoms with Crippen molar-refractivity contribution >= 4 is 17.6 Å². The van der Waals surface area contributed by atoms with Crippen LogP contribution >= 0.6 is 0 Å². The van der Waals surface area contributed by atoms with Gasteiger partial charge in [0.05, 0.1) is 25.5 Å². The van der Waals surface area contributed by atoms with Gasteiger partial charge in [0.2, 0.25) is 0 Å². The molecule has 0 spiro atoms. The van der Waals surface area contributed by atoms with Crippen LogP contribution in [-0.4, -0.2) is 50.7 Å². The van der Waals surface area contributed by atoms with Gasteiger partial charge in [-0.25, -0.2) is 9.59 Å². The Labute approximate surface area is 200 Å². The number of benzene rings is 1. The Hall–Kier alpha value is -3.92. The average Bonchev–Trinajstić information content (AvgIpc) is 3.00. The Kier molecular flexibility index (Phi) is 8.09. The minimum absolute atomic E-state index is 0.134. The topological polar surface area (TPSA) is 74.3 Å². The third-order valence-corrected chi connectivity index (χ3v) is 4.22. The average molecular weight is 553 g/mol. The Morgan fingerprint density at radius 2 is 1.30 bits per heavy atom. The predicted molar refractivity (Wildman–Crippen MR) is 102 cm³/mol. The van der Waals surface area contributed by atoms with E-state index in [1.807, 2.05) is 0 Å². The highest BCUT2D eigenvalue weighted by Crippen LogP contribution is 2.45. The van der Waals surface area contributed by atoms with E-state index in [0.717, 1.165) is 38.6 Å². The minimum atomic E-state index is -6.31. The highest BCUT2D eigenvalue weighted by molar-refractivity contribution is 6.05. The van der Waals surface area contributed by atoms with Crippen molar-refractivity contribution in [2.24, 2.45) is 0 Å². The molecular weight excluding hydrogens is 540 g/mol. The normalized spacial score (nSPS) is 14.9. The van der Waals surface area contributed by atoms with E-state index in [2.05, 4.69) is 18.9 Å². The van der Waals surface area contributed by atoms with Crippen molar-refractivity contribution in [3.63, 3.8) is 0 Å². The van der Waals surface area contributed by atoms with E-state index in [-0.39, 0.29) is 18.2 Å². The lowest BCUT2D eigenvalue weighted by Gasteiger charge is -2.28. The summed E-state index contributed by atoms with van der Waals surface area (Å²) in [6.07, 6.45) is -20.6. The Morgan fingerprint density at radius 1 is 0.757 bits per heavy atom. The van der Waals surface area contributed by atoms with E-state index in [0.29, 0.717) is 4.90 Å². The highest BCUT2D eigenvalue weighted by atomic mass is 19.4. The van der Waals surface area contributed by atoms with Crippen LogP contribution in [0.25, 0.3) is 0 Å².